The predicted octanol–water partition coefficient (Wildman–Crippen LogP) is 7.94. The lowest BCUT2D eigenvalue weighted by atomic mass is 9.99. The summed E-state index contributed by atoms with van der Waals surface area (Å²) >= 11 is 8.81. The van der Waals surface area contributed by atoms with E-state index in [1.54, 1.807) is 12.1 Å². The maximum absolute atomic E-state index is 13.0. The summed E-state index contributed by atoms with van der Waals surface area (Å²) in [5.41, 5.74) is 0.223. The van der Waals surface area contributed by atoms with Crippen LogP contribution in [0.5, 0.6) is 5.75 Å². The van der Waals surface area contributed by atoms with Crippen molar-refractivity contribution in [1.82, 2.24) is 4.98 Å². The van der Waals surface area contributed by atoms with Gasteiger partial charge in [0.2, 0.25) is 0 Å². The van der Waals surface area contributed by atoms with E-state index in [9.17, 15) is 23.1 Å². The molecule has 0 bridgehead atoms. The number of rotatable bonds is 9. The third kappa shape index (κ3) is 7.06. The summed E-state index contributed by atoms with van der Waals surface area (Å²) in [4.78, 5) is 16.8. The zero-order valence-electron chi connectivity index (χ0n) is 20.2. The Morgan fingerprint density at radius 3 is 2.38 bits per heavy atom. The lowest BCUT2D eigenvalue weighted by Crippen LogP contribution is -2.16. The third-order valence-corrected chi connectivity index (χ3v) is 7.29. The number of hydrogen-bond donors (Lipinski definition) is 3. The van der Waals surface area contributed by atoms with Gasteiger partial charge in [-0.05, 0) is 42.8 Å². The highest BCUT2D eigenvalue weighted by Crippen LogP contribution is 2.42. The summed E-state index contributed by atoms with van der Waals surface area (Å²) in [5.74, 6) is -0.940. The van der Waals surface area contributed by atoms with Gasteiger partial charge < -0.3 is 20.6 Å². The summed E-state index contributed by atoms with van der Waals surface area (Å²) < 4.78 is 45.0. The largest absolute Gasteiger partial charge is 0.497 e. The van der Waals surface area contributed by atoms with Crippen molar-refractivity contribution in [2.45, 2.75) is 36.4 Å². The van der Waals surface area contributed by atoms with Crippen molar-refractivity contribution in [3.05, 3.63) is 64.3 Å². The van der Waals surface area contributed by atoms with Crippen LogP contribution in [0.1, 0.15) is 31.9 Å². The van der Waals surface area contributed by atoms with Gasteiger partial charge in [-0.3, -0.25) is 0 Å². The summed E-state index contributed by atoms with van der Waals surface area (Å²) in [6.07, 6.45) is -4.46. The molecule has 12 heteroatoms. The highest BCUT2D eigenvalue weighted by atomic mass is 35.5. The number of benzene rings is 2. The fourth-order valence-electron chi connectivity index (χ4n) is 3.36. The number of carboxylic acids is 1. The monoisotopic (exact) mass is 569 g/mol. The minimum atomic E-state index is -4.46. The van der Waals surface area contributed by atoms with Gasteiger partial charge in [0.1, 0.15) is 11.4 Å². The van der Waals surface area contributed by atoms with Crippen LogP contribution in [0.3, 0.4) is 0 Å². The molecule has 0 fully saturated rings. The Labute approximate surface area is 225 Å². The van der Waals surface area contributed by atoms with E-state index in [1.807, 2.05) is 13.8 Å². The fraction of sp³-hybridized carbons (Fsp3) is 0.240. The van der Waals surface area contributed by atoms with Crippen LogP contribution >= 0.6 is 34.7 Å². The third-order valence-electron chi connectivity index (χ3n) is 4.89. The average Bonchev–Trinajstić information content (AvgIpc) is 3.18. The second-order valence-corrected chi connectivity index (χ2v) is 11.4. The molecule has 1 aromatic heterocycles. The normalized spacial score (nSPS) is 12.4. The molecule has 0 aliphatic carbocycles. The number of ether oxygens (including phenoxy) is 1. The van der Waals surface area contributed by atoms with Crippen molar-refractivity contribution < 1.29 is 27.8 Å². The van der Waals surface area contributed by atoms with Crippen molar-refractivity contribution in [3.63, 3.8) is 0 Å². The smallest absolute Gasteiger partial charge is 0.416 e. The number of anilines is 1. The number of aromatic nitrogens is 1. The van der Waals surface area contributed by atoms with Crippen LogP contribution in [0.15, 0.2) is 52.4 Å². The first kappa shape index (κ1) is 28.5. The molecule has 0 spiro atoms. The highest BCUT2D eigenvalue weighted by Gasteiger charge is 2.30. The number of nitrogens with one attached hydrogen (secondary N) is 2. The zero-order chi connectivity index (χ0) is 27.5. The number of thiazole rings is 1. The molecule has 0 aliphatic rings. The number of aliphatic carboxylic acids is 1. The molecule has 3 aromatic rings. The van der Waals surface area contributed by atoms with Crippen molar-refractivity contribution >= 4 is 57.1 Å². The zero-order valence-corrected chi connectivity index (χ0v) is 22.5. The molecule has 0 amide bonds. The van der Waals surface area contributed by atoms with Crippen LogP contribution in [-0.4, -0.2) is 34.1 Å². The van der Waals surface area contributed by atoms with E-state index in [-0.39, 0.29) is 27.4 Å². The van der Waals surface area contributed by atoms with Crippen LogP contribution in [-0.2, 0) is 11.0 Å². The van der Waals surface area contributed by atoms with E-state index in [1.165, 1.54) is 55.3 Å². The van der Waals surface area contributed by atoms with Gasteiger partial charge >= 0.3 is 12.1 Å². The molecule has 37 heavy (non-hydrogen) atoms. The molecule has 0 radical (unpaired) electrons. The Morgan fingerprint density at radius 1 is 1.22 bits per heavy atom. The van der Waals surface area contributed by atoms with Crippen molar-refractivity contribution in [2.75, 3.05) is 12.4 Å². The first-order chi connectivity index (χ1) is 17.3. The maximum atomic E-state index is 13.0. The van der Waals surface area contributed by atoms with E-state index in [4.69, 9.17) is 21.7 Å². The Kier molecular flexibility index (Phi) is 8.93. The molecule has 6 nitrogen and oxygen atoms in total. The molecule has 0 unspecified atom stereocenters. The lowest BCUT2D eigenvalue weighted by Gasteiger charge is -2.14. The molecule has 196 valence electrons. The van der Waals surface area contributed by atoms with Crippen LogP contribution in [0.25, 0.3) is 16.8 Å². The number of halogens is 4. The quantitative estimate of drug-likeness (QED) is 0.137. The SMILES string of the molecule is COc1cc(Cl)cc(/C(C(C)=N)=C(/Nc2nc(-c3ccc(C(F)(F)F)cc3)c(SC(C)C)s2)C(=O)O)c1. The second kappa shape index (κ2) is 11.6. The summed E-state index contributed by atoms with van der Waals surface area (Å²) in [6, 6.07) is 9.30. The van der Waals surface area contributed by atoms with E-state index < -0.39 is 17.7 Å². The fourth-order valence-corrected chi connectivity index (χ4v) is 6.02. The van der Waals surface area contributed by atoms with Gasteiger partial charge in [-0.25, -0.2) is 9.78 Å². The van der Waals surface area contributed by atoms with Gasteiger partial charge in [-0.1, -0.05) is 48.9 Å². The number of thioether (sulfide) groups is 1. The summed E-state index contributed by atoms with van der Waals surface area (Å²) in [5, 5.41) is 21.8. The lowest BCUT2D eigenvalue weighted by molar-refractivity contribution is -0.137. The Morgan fingerprint density at radius 2 is 1.86 bits per heavy atom. The minimum absolute atomic E-state index is 0.0366. The van der Waals surface area contributed by atoms with E-state index in [0.717, 1.165) is 12.1 Å². The van der Waals surface area contributed by atoms with Crippen LogP contribution in [0.4, 0.5) is 18.3 Å². The number of hydrogen-bond acceptors (Lipinski definition) is 7. The van der Waals surface area contributed by atoms with Crippen molar-refractivity contribution in [2.24, 2.45) is 0 Å². The summed E-state index contributed by atoms with van der Waals surface area (Å²) in [7, 11) is 1.44. The molecule has 0 aliphatic heterocycles. The summed E-state index contributed by atoms with van der Waals surface area (Å²) in [6.45, 7) is 5.36. The van der Waals surface area contributed by atoms with Gasteiger partial charge in [-0.2, -0.15) is 13.2 Å². The number of carbonyl (C=O) groups is 1. The Bertz CT molecular complexity index is 1350. The molecule has 1 heterocycles. The van der Waals surface area contributed by atoms with Crippen LogP contribution < -0.4 is 10.1 Å². The van der Waals surface area contributed by atoms with E-state index in [2.05, 4.69) is 10.3 Å². The van der Waals surface area contributed by atoms with Gasteiger partial charge in [0.15, 0.2) is 5.13 Å². The standard InChI is InChI=1S/C25H23ClF3N3O3S2/c1-12(2)36-23-20(14-5-7-16(8-6-14)25(27,28)29)31-24(37-23)32-21(22(33)34)19(13(3)30)15-9-17(26)11-18(10-15)35-4/h5-12,30H,1-4H3,(H,31,32)(H,33,34)/b21-19+,30-13?. The van der Waals surface area contributed by atoms with Crippen LogP contribution in [0.2, 0.25) is 5.02 Å². The number of allylic oxidation sites excluding steroid dienone is 1. The van der Waals surface area contributed by atoms with Crippen LogP contribution in [0, 0.1) is 5.41 Å². The molecule has 3 N–H and O–H groups in total. The van der Waals surface area contributed by atoms with Gasteiger partial charge in [-0.15, -0.1) is 11.8 Å². The van der Waals surface area contributed by atoms with Gasteiger partial charge in [0, 0.05) is 27.1 Å². The van der Waals surface area contributed by atoms with Crippen molar-refractivity contribution in [3.8, 4) is 17.0 Å². The molecule has 2 aromatic carbocycles. The first-order valence-electron chi connectivity index (χ1n) is 10.8. The molecular weight excluding hydrogens is 547 g/mol. The molecule has 0 saturated carbocycles. The number of nitrogens with zero attached hydrogens (tertiary/aromatic N) is 1. The Hall–Kier alpha value is -3.02. The van der Waals surface area contributed by atoms with Gasteiger partial charge in [0.25, 0.3) is 0 Å². The highest BCUT2D eigenvalue weighted by molar-refractivity contribution is 8.01. The first-order valence-corrected chi connectivity index (χ1v) is 12.9. The minimum Gasteiger partial charge on any atom is -0.497 e. The maximum Gasteiger partial charge on any atom is 0.416 e. The molecule has 0 saturated heterocycles. The average molecular weight is 570 g/mol. The number of carboxylic acid groups (broad SMARTS) is 1. The number of alkyl halides is 3. The molecule has 3 rings (SSSR count). The topological polar surface area (TPSA) is 95.3 Å². The van der Waals surface area contributed by atoms with E-state index >= 15 is 0 Å². The number of methoxy groups -OCH3 is 1. The molecular formula is C25H23ClF3N3O3S2. The Balaban J connectivity index is 2.12. The van der Waals surface area contributed by atoms with Crippen molar-refractivity contribution in [1.29, 1.82) is 5.41 Å². The van der Waals surface area contributed by atoms with Gasteiger partial charge in [0.05, 0.1) is 22.6 Å². The molecule has 0 atom stereocenters. The second-order valence-electron chi connectivity index (χ2n) is 8.08. The predicted molar refractivity (Wildman–Crippen MR) is 143 cm³/mol. The van der Waals surface area contributed by atoms with E-state index in [0.29, 0.717) is 31.8 Å².